The second kappa shape index (κ2) is 8.28. The summed E-state index contributed by atoms with van der Waals surface area (Å²) in [6.07, 6.45) is 0. The first-order valence-corrected chi connectivity index (χ1v) is 7.74. The van der Waals surface area contributed by atoms with E-state index in [4.69, 9.17) is 0 Å². The lowest BCUT2D eigenvalue weighted by atomic mass is 10.0. The molecule has 1 unspecified atom stereocenters. The fourth-order valence-electron chi connectivity index (χ4n) is 2.15. The van der Waals surface area contributed by atoms with Crippen molar-refractivity contribution in [2.75, 3.05) is 12.4 Å². The predicted octanol–water partition coefficient (Wildman–Crippen LogP) is 1.92. The van der Waals surface area contributed by atoms with E-state index >= 15 is 0 Å². The number of benzene rings is 1. The van der Waals surface area contributed by atoms with Crippen molar-refractivity contribution in [1.29, 1.82) is 0 Å². The topological polar surface area (TPSA) is 113 Å². The van der Waals surface area contributed by atoms with Gasteiger partial charge in [-0.3, -0.25) is 19.7 Å². The molecule has 8 heteroatoms. The van der Waals surface area contributed by atoms with Crippen molar-refractivity contribution < 1.29 is 14.5 Å². The van der Waals surface area contributed by atoms with Crippen LogP contribution in [0.5, 0.6) is 0 Å². The van der Waals surface area contributed by atoms with Crippen LogP contribution in [0.1, 0.15) is 38.1 Å². The predicted molar refractivity (Wildman–Crippen MR) is 92.0 cm³/mol. The third-order valence-electron chi connectivity index (χ3n) is 3.38. The molecule has 8 nitrogen and oxygen atoms in total. The molecule has 0 heterocycles. The lowest BCUT2D eigenvalue weighted by Crippen LogP contribution is -2.41. The van der Waals surface area contributed by atoms with Crippen molar-refractivity contribution in [3.8, 4) is 0 Å². The number of rotatable bonds is 7. The van der Waals surface area contributed by atoms with Gasteiger partial charge in [0.2, 0.25) is 5.91 Å². The lowest BCUT2D eigenvalue weighted by Gasteiger charge is -2.22. The van der Waals surface area contributed by atoms with Gasteiger partial charge in [-0.1, -0.05) is 13.8 Å². The fourth-order valence-corrected chi connectivity index (χ4v) is 2.15. The first-order valence-electron chi connectivity index (χ1n) is 7.74. The third kappa shape index (κ3) is 4.94. The summed E-state index contributed by atoms with van der Waals surface area (Å²) >= 11 is 0. The van der Waals surface area contributed by atoms with Gasteiger partial charge >= 0.3 is 0 Å². The average Bonchev–Trinajstić information content (AvgIpc) is 2.50. The van der Waals surface area contributed by atoms with Crippen molar-refractivity contribution >= 4 is 23.2 Å². The number of carbonyl (C=O) groups is 2. The van der Waals surface area contributed by atoms with Gasteiger partial charge in [0.05, 0.1) is 4.92 Å². The first kappa shape index (κ1) is 19.4. The molecule has 0 aliphatic heterocycles. The quantitative estimate of drug-likeness (QED) is 0.520. The summed E-state index contributed by atoms with van der Waals surface area (Å²) in [6, 6.07) is 3.46. The van der Waals surface area contributed by atoms with Crippen molar-refractivity contribution in [3.05, 3.63) is 33.9 Å². The number of nitro benzene ring substituents is 1. The molecule has 3 N–H and O–H groups in total. The highest BCUT2D eigenvalue weighted by atomic mass is 16.6. The number of anilines is 1. The zero-order valence-electron chi connectivity index (χ0n) is 14.5. The minimum Gasteiger partial charge on any atom is -0.368 e. The highest BCUT2D eigenvalue weighted by Crippen LogP contribution is 2.27. The van der Waals surface area contributed by atoms with Gasteiger partial charge in [0.1, 0.15) is 11.7 Å². The average molecular weight is 336 g/mol. The van der Waals surface area contributed by atoms with E-state index < -0.39 is 11.0 Å². The Morgan fingerprint density at radius 2 is 1.79 bits per heavy atom. The molecule has 0 saturated heterocycles. The number of nitrogens with zero attached hydrogens (tertiary/aromatic N) is 1. The minimum atomic E-state index is -0.621. The molecule has 0 saturated carbocycles. The summed E-state index contributed by atoms with van der Waals surface area (Å²) in [7, 11) is 1.51. The number of hydrogen-bond acceptors (Lipinski definition) is 5. The molecular formula is C16H24N4O4. The number of amides is 2. The Labute approximate surface area is 141 Å². The molecule has 1 atom stereocenters. The molecule has 0 spiro atoms. The summed E-state index contributed by atoms with van der Waals surface area (Å²) < 4.78 is 0. The summed E-state index contributed by atoms with van der Waals surface area (Å²) in [5.41, 5.74) is 0.145. The zero-order valence-corrected chi connectivity index (χ0v) is 14.5. The van der Waals surface area contributed by atoms with E-state index in [-0.39, 0.29) is 40.7 Å². The second-order valence-corrected chi connectivity index (χ2v) is 6.10. The maximum atomic E-state index is 12.0. The molecule has 0 aliphatic rings. The van der Waals surface area contributed by atoms with E-state index in [9.17, 15) is 19.7 Å². The van der Waals surface area contributed by atoms with Crippen LogP contribution in [0.3, 0.4) is 0 Å². The van der Waals surface area contributed by atoms with E-state index in [1.807, 2.05) is 13.8 Å². The van der Waals surface area contributed by atoms with Crippen LogP contribution in [0, 0.1) is 16.0 Å². The third-order valence-corrected chi connectivity index (χ3v) is 3.38. The normalized spacial score (nSPS) is 12.0. The molecule has 0 aromatic heterocycles. The highest BCUT2D eigenvalue weighted by molar-refractivity contribution is 5.96. The van der Waals surface area contributed by atoms with Gasteiger partial charge in [0.25, 0.3) is 11.6 Å². The standard InChI is InChI=1S/C16H24N4O4/c1-9(2)14(16(22)17-5)19-12-7-6-11(8-13(12)20(23)24)15(21)18-10(3)4/h6-10,14,19H,1-5H3,(H,17,22)(H,18,21). The molecule has 1 rings (SSSR count). The van der Waals surface area contributed by atoms with E-state index in [0.717, 1.165) is 0 Å². The van der Waals surface area contributed by atoms with Crippen LogP contribution in [-0.2, 0) is 4.79 Å². The van der Waals surface area contributed by atoms with Crippen LogP contribution in [0.25, 0.3) is 0 Å². The lowest BCUT2D eigenvalue weighted by molar-refractivity contribution is -0.384. The van der Waals surface area contributed by atoms with Crippen LogP contribution in [0.2, 0.25) is 0 Å². The van der Waals surface area contributed by atoms with Crippen molar-refractivity contribution in [2.24, 2.45) is 5.92 Å². The monoisotopic (exact) mass is 336 g/mol. The van der Waals surface area contributed by atoms with Gasteiger partial charge in [0, 0.05) is 24.7 Å². The molecule has 2 amide bonds. The molecule has 0 aliphatic carbocycles. The van der Waals surface area contributed by atoms with Crippen molar-refractivity contribution in [2.45, 2.75) is 39.8 Å². The Hall–Kier alpha value is -2.64. The van der Waals surface area contributed by atoms with Crippen molar-refractivity contribution in [1.82, 2.24) is 10.6 Å². The van der Waals surface area contributed by atoms with Crippen LogP contribution in [0.15, 0.2) is 18.2 Å². The van der Waals surface area contributed by atoms with Crippen LogP contribution in [0.4, 0.5) is 11.4 Å². The highest BCUT2D eigenvalue weighted by Gasteiger charge is 2.25. The van der Waals surface area contributed by atoms with Crippen LogP contribution < -0.4 is 16.0 Å². The van der Waals surface area contributed by atoms with Gasteiger partial charge in [-0.25, -0.2) is 0 Å². The summed E-state index contributed by atoms with van der Waals surface area (Å²) in [5, 5.41) is 19.5. The van der Waals surface area contributed by atoms with Gasteiger partial charge in [0.15, 0.2) is 0 Å². The van der Waals surface area contributed by atoms with E-state index in [1.165, 1.54) is 25.2 Å². The first-order chi connectivity index (χ1) is 11.2. The molecule has 1 aromatic rings. The van der Waals surface area contributed by atoms with Gasteiger partial charge in [-0.05, 0) is 31.9 Å². The maximum absolute atomic E-state index is 12.0. The minimum absolute atomic E-state index is 0.0755. The molecule has 24 heavy (non-hydrogen) atoms. The Bertz CT molecular complexity index is 629. The van der Waals surface area contributed by atoms with Gasteiger partial charge in [-0.15, -0.1) is 0 Å². The molecule has 132 valence electrons. The fraction of sp³-hybridized carbons (Fsp3) is 0.500. The molecule has 1 aromatic carbocycles. The zero-order chi connectivity index (χ0) is 18.4. The van der Waals surface area contributed by atoms with Gasteiger partial charge in [-0.2, -0.15) is 0 Å². The smallest absolute Gasteiger partial charge is 0.293 e. The Kier molecular flexibility index (Phi) is 6.69. The number of nitro groups is 1. The van der Waals surface area contributed by atoms with Crippen LogP contribution in [-0.4, -0.2) is 35.9 Å². The second-order valence-electron chi connectivity index (χ2n) is 6.10. The Morgan fingerprint density at radius 3 is 2.25 bits per heavy atom. The van der Waals surface area contributed by atoms with E-state index in [0.29, 0.717) is 0 Å². The Balaban J connectivity index is 3.18. The number of nitrogens with one attached hydrogen (secondary N) is 3. The molecule has 0 fully saturated rings. The van der Waals surface area contributed by atoms with Crippen LogP contribution >= 0.6 is 0 Å². The number of carbonyl (C=O) groups excluding carboxylic acids is 2. The molecular weight excluding hydrogens is 312 g/mol. The Morgan fingerprint density at radius 1 is 1.17 bits per heavy atom. The summed E-state index contributed by atoms with van der Waals surface area (Å²) in [6.45, 7) is 7.28. The summed E-state index contributed by atoms with van der Waals surface area (Å²) in [5.74, 6) is -0.722. The van der Waals surface area contributed by atoms with Crippen molar-refractivity contribution in [3.63, 3.8) is 0 Å². The SMILES string of the molecule is CNC(=O)C(Nc1ccc(C(=O)NC(C)C)cc1[N+](=O)[O-])C(C)C. The number of likely N-dealkylation sites (N-methyl/N-ethyl adjacent to an activating group) is 1. The largest absolute Gasteiger partial charge is 0.368 e. The molecule has 0 bridgehead atoms. The molecule has 0 radical (unpaired) electrons. The number of hydrogen-bond donors (Lipinski definition) is 3. The maximum Gasteiger partial charge on any atom is 0.293 e. The van der Waals surface area contributed by atoms with E-state index in [2.05, 4.69) is 16.0 Å². The van der Waals surface area contributed by atoms with Gasteiger partial charge < -0.3 is 16.0 Å². The van der Waals surface area contributed by atoms with E-state index in [1.54, 1.807) is 13.8 Å². The summed E-state index contributed by atoms with van der Waals surface area (Å²) in [4.78, 5) is 34.7.